The highest BCUT2D eigenvalue weighted by Gasteiger charge is 2.13. The summed E-state index contributed by atoms with van der Waals surface area (Å²) in [6.45, 7) is 0.584. The molecule has 0 saturated heterocycles. The van der Waals surface area contributed by atoms with Crippen molar-refractivity contribution >= 4 is 21.8 Å². The van der Waals surface area contributed by atoms with Crippen molar-refractivity contribution in [3.8, 4) is 5.75 Å². The summed E-state index contributed by atoms with van der Waals surface area (Å²) < 4.78 is 33.1. The maximum absolute atomic E-state index is 12.4. The van der Waals surface area contributed by atoms with E-state index >= 15 is 0 Å². The predicted octanol–water partition coefficient (Wildman–Crippen LogP) is 4.97. The van der Waals surface area contributed by atoms with E-state index in [2.05, 4.69) is 4.72 Å². The fourth-order valence-electron chi connectivity index (χ4n) is 2.50. The number of anilines is 1. The van der Waals surface area contributed by atoms with Gasteiger partial charge in [0, 0.05) is 5.69 Å². The van der Waals surface area contributed by atoms with Crippen LogP contribution in [0.2, 0.25) is 0 Å². The van der Waals surface area contributed by atoms with Crippen LogP contribution in [0.4, 0.5) is 5.69 Å². The van der Waals surface area contributed by atoms with Gasteiger partial charge in [-0.15, -0.1) is 0 Å². The Hall–Kier alpha value is -3.05. The highest BCUT2D eigenvalue weighted by molar-refractivity contribution is 7.92. The van der Waals surface area contributed by atoms with E-state index in [4.69, 9.17) is 4.74 Å². The first-order valence-corrected chi connectivity index (χ1v) is 10.1. The highest BCUT2D eigenvalue weighted by atomic mass is 32.2. The van der Waals surface area contributed by atoms with Gasteiger partial charge in [0.2, 0.25) is 0 Å². The van der Waals surface area contributed by atoms with E-state index in [-0.39, 0.29) is 4.90 Å². The van der Waals surface area contributed by atoms with Crippen LogP contribution < -0.4 is 9.46 Å². The fraction of sp³-hybridized carbons (Fsp3) is 0.0909. The third-order valence-electron chi connectivity index (χ3n) is 3.80. The number of hydrogen-bond acceptors (Lipinski definition) is 3. The third kappa shape index (κ3) is 5.72. The Kier molecular flexibility index (Phi) is 6.28. The fourth-order valence-corrected chi connectivity index (χ4v) is 3.57. The number of rotatable bonds is 8. The zero-order chi connectivity index (χ0) is 19.0. The number of sulfonamides is 1. The predicted molar refractivity (Wildman–Crippen MR) is 109 cm³/mol. The van der Waals surface area contributed by atoms with E-state index in [1.165, 1.54) is 0 Å². The molecule has 0 amide bonds. The molecule has 0 heterocycles. The van der Waals surface area contributed by atoms with Crippen molar-refractivity contribution in [2.45, 2.75) is 11.3 Å². The van der Waals surface area contributed by atoms with Gasteiger partial charge < -0.3 is 4.74 Å². The van der Waals surface area contributed by atoms with Gasteiger partial charge >= 0.3 is 0 Å². The number of ether oxygens (including phenoxy) is 1. The van der Waals surface area contributed by atoms with Crippen molar-refractivity contribution in [1.29, 1.82) is 0 Å². The second kappa shape index (κ2) is 9.05. The standard InChI is InChI=1S/C22H21NO3S/c24-27(25,22-15-5-2-6-16-22)23-20-12-9-11-19(18-20)10-7-8-17-26-21-13-3-1-4-14-21/h1-7,9-16,18,23H,8,17H2/b10-7+. The molecule has 0 radical (unpaired) electrons. The molecule has 0 aromatic heterocycles. The van der Waals surface area contributed by atoms with Gasteiger partial charge in [0.25, 0.3) is 10.0 Å². The van der Waals surface area contributed by atoms with Gasteiger partial charge in [0.15, 0.2) is 0 Å². The normalized spacial score (nSPS) is 11.4. The molecule has 0 fully saturated rings. The van der Waals surface area contributed by atoms with Crippen LogP contribution in [0.5, 0.6) is 5.75 Å². The monoisotopic (exact) mass is 379 g/mol. The van der Waals surface area contributed by atoms with Crippen molar-refractivity contribution in [2.75, 3.05) is 11.3 Å². The van der Waals surface area contributed by atoms with Gasteiger partial charge in [-0.25, -0.2) is 8.42 Å². The number of benzene rings is 3. The van der Waals surface area contributed by atoms with E-state index in [0.29, 0.717) is 12.3 Å². The van der Waals surface area contributed by atoms with Gasteiger partial charge in [-0.3, -0.25) is 4.72 Å². The molecule has 1 N–H and O–H groups in total. The molecule has 0 atom stereocenters. The maximum Gasteiger partial charge on any atom is 0.261 e. The van der Waals surface area contributed by atoms with Crippen LogP contribution in [0.25, 0.3) is 6.08 Å². The minimum absolute atomic E-state index is 0.240. The molecule has 138 valence electrons. The van der Waals surface area contributed by atoms with Crippen molar-refractivity contribution in [1.82, 2.24) is 0 Å². The van der Waals surface area contributed by atoms with Crippen LogP contribution in [0, 0.1) is 0 Å². The SMILES string of the molecule is O=S(=O)(Nc1cccc(/C=C/CCOc2ccccc2)c1)c1ccccc1. The molecule has 0 spiro atoms. The Morgan fingerprint density at radius 1 is 0.852 bits per heavy atom. The summed E-state index contributed by atoms with van der Waals surface area (Å²) in [7, 11) is -3.58. The minimum atomic E-state index is -3.58. The van der Waals surface area contributed by atoms with Gasteiger partial charge in [-0.05, 0) is 48.4 Å². The smallest absolute Gasteiger partial charge is 0.261 e. The quantitative estimate of drug-likeness (QED) is 0.562. The van der Waals surface area contributed by atoms with E-state index in [9.17, 15) is 8.42 Å². The highest BCUT2D eigenvalue weighted by Crippen LogP contribution is 2.18. The first-order valence-electron chi connectivity index (χ1n) is 8.66. The van der Waals surface area contributed by atoms with Crippen LogP contribution in [0.1, 0.15) is 12.0 Å². The molecule has 27 heavy (non-hydrogen) atoms. The van der Waals surface area contributed by atoms with Crippen molar-refractivity contribution in [2.24, 2.45) is 0 Å². The number of para-hydroxylation sites is 1. The van der Waals surface area contributed by atoms with E-state index < -0.39 is 10.0 Å². The molecule has 3 aromatic carbocycles. The van der Waals surface area contributed by atoms with Crippen LogP contribution in [-0.4, -0.2) is 15.0 Å². The molecule has 0 bridgehead atoms. The Labute approximate surface area is 160 Å². The van der Waals surface area contributed by atoms with Crippen molar-refractivity contribution in [3.05, 3.63) is 96.6 Å². The lowest BCUT2D eigenvalue weighted by molar-refractivity contribution is 0.325. The van der Waals surface area contributed by atoms with Gasteiger partial charge in [-0.2, -0.15) is 0 Å². The first kappa shape index (κ1) is 18.7. The van der Waals surface area contributed by atoms with Crippen LogP contribution in [-0.2, 0) is 10.0 Å². The van der Waals surface area contributed by atoms with E-state index in [1.54, 1.807) is 42.5 Å². The molecule has 0 unspecified atom stereocenters. The van der Waals surface area contributed by atoms with E-state index in [0.717, 1.165) is 17.7 Å². The summed E-state index contributed by atoms with van der Waals surface area (Å²) in [5.74, 6) is 0.850. The lowest BCUT2D eigenvalue weighted by Gasteiger charge is -2.08. The molecular weight excluding hydrogens is 358 g/mol. The summed E-state index contributed by atoms with van der Waals surface area (Å²) in [4.78, 5) is 0.240. The topological polar surface area (TPSA) is 55.4 Å². The van der Waals surface area contributed by atoms with Gasteiger partial charge in [0.05, 0.1) is 11.5 Å². The second-order valence-electron chi connectivity index (χ2n) is 5.90. The molecule has 0 saturated carbocycles. The number of hydrogen-bond donors (Lipinski definition) is 1. The molecule has 0 aliphatic rings. The summed E-state index contributed by atoms with van der Waals surface area (Å²) in [5, 5.41) is 0. The molecular formula is C22H21NO3S. The first-order chi connectivity index (χ1) is 13.1. The zero-order valence-electron chi connectivity index (χ0n) is 14.8. The second-order valence-corrected chi connectivity index (χ2v) is 7.58. The average molecular weight is 379 g/mol. The molecule has 0 aliphatic carbocycles. The van der Waals surface area contributed by atoms with Crippen LogP contribution in [0.15, 0.2) is 95.9 Å². The Balaban J connectivity index is 1.57. The Morgan fingerprint density at radius 3 is 2.30 bits per heavy atom. The van der Waals surface area contributed by atoms with Crippen LogP contribution in [0.3, 0.4) is 0 Å². The summed E-state index contributed by atoms with van der Waals surface area (Å²) in [5.41, 5.74) is 1.45. The molecule has 3 aromatic rings. The summed E-state index contributed by atoms with van der Waals surface area (Å²) >= 11 is 0. The number of nitrogens with one attached hydrogen (secondary N) is 1. The average Bonchev–Trinajstić information content (AvgIpc) is 2.69. The van der Waals surface area contributed by atoms with Crippen molar-refractivity contribution < 1.29 is 13.2 Å². The van der Waals surface area contributed by atoms with Gasteiger partial charge in [0.1, 0.15) is 5.75 Å². The van der Waals surface area contributed by atoms with Crippen molar-refractivity contribution in [3.63, 3.8) is 0 Å². The van der Waals surface area contributed by atoms with Gasteiger partial charge in [-0.1, -0.05) is 60.7 Å². The summed E-state index contributed by atoms with van der Waals surface area (Å²) in [6, 6.07) is 25.3. The lowest BCUT2D eigenvalue weighted by Crippen LogP contribution is -2.12. The Morgan fingerprint density at radius 2 is 1.56 bits per heavy atom. The maximum atomic E-state index is 12.4. The lowest BCUT2D eigenvalue weighted by atomic mass is 10.2. The third-order valence-corrected chi connectivity index (χ3v) is 5.20. The molecule has 4 nitrogen and oxygen atoms in total. The minimum Gasteiger partial charge on any atom is -0.493 e. The summed E-state index contributed by atoms with van der Waals surface area (Å²) in [6.07, 6.45) is 4.72. The molecule has 3 rings (SSSR count). The largest absolute Gasteiger partial charge is 0.493 e. The zero-order valence-corrected chi connectivity index (χ0v) is 15.6. The molecule has 0 aliphatic heterocycles. The molecule has 5 heteroatoms. The Bertz CT molecular complexity index is 984. The van der Waals surface area contributed by atoms with Crippen LogP contribution >= 0.6 is 0 Å². The van der Waals surface area contributed by atoms with E-state index in [1.807, 2.05) is 54.6 Å².